The maximum absolute atomic E-state index is 10.5. The maximum Gasteiger partial charge on any atom is 0.355 e. The molecule has 0 aliphatic rings. The summed E-state index contributed by atoms with van der Waals surface area (Å²) in [4.78, 5) is 10.5. The largest absolute Gasteiger partial charge is 0.476 e. The fraction of sp³-hybridized carbons (Fsp3) is 0.333. The quantitative estimate of drug-likeness (QED) is 0.765. The molecule has 68 valence electrons. The van der Waals surface area contributed by atoms with Gasteiger partial charge >= 0.3 is 5.97 Å². The van der Waals surface area contributed by atoms with Crippen LogP contribution in [0.3, 0.4) is 0 Å². The zero-order valence-electron chi connectivity index (χ0n) is 6.54. The van der Waals surface area contributed by atoms with E-state index in [1.807, 2.05) is 0 Å². The van der Waals surface area contributed by atoms with Crippen molar-refractivity contribution in [3.05, 3.63) is 16.4 Å². The van der Waals surface area contributed by atoms with Crippen LogP contribution in [0.4, 0.5) is 0 Å². The molecule has 0 saturated heterocycles. The molecule has 0 radical (unpaired) electrons. The molecule has 0 bridgehead atoms. The van der Waals surface area contributed by atoms with E-state index in [4.69, 9.17) is 16.7 Å². The van der Waals surface area contributed by atoms with E-state index in [-0.39, 0.29) is 23.1 Å². The minimum atomic E-state index is -1.06. The number of hydrogen-bond donors (Lipinski definition) is 1. The van der Waals surface area contributed by atoms with E-state index < -0.39 is 5.97 Å². The molecule has 4 nitrogen and oxygen atoms in total. The monoisotopic (exact) mass is 210 g/mol. The summed E-state index contributed by atoms with van der Waals surface area (Å²) in [6, 6.07) is 0. The predicted octanol–water partition coefficient (Wildman–Crippen LogP) is 1.50. The standard InChI is InChI=1S/C6H7ClN2O2.ClH/c1-3-4(7)5(6(10)11)9(2)8-3;/h1-2H3,(H,10,11);1H. The molecular formula is C6H8Cl2N2O2. The van der Waals surface area contributed by atoms with E-state index in [0.717, 1.165) is 0 Å². The topological polar surface area (TPSA) is 55.1 Å². The van der Waals surface area contributed by atoms with Gasteiger partial charge in [-0.2, -0.15) is 5.10 Å². The number of rotatable bonds is 1. The van der Waals surface area contributed by atoms with Crippen LogP contribution in [0.25, 0.3) is 0 Å². The Morgan fingerprint density at radius 2 is 2.17 bits per heavy atom. The minimum Gasteiger partial charge on any atom is -0.476 e. The van der Waals surface area contributed by atoms with Crippen molar-refractivity contribution in [2.45, 2.75) is 6.92 Å². The van der Waals surface area contributed by atoms with E-state index in [1.54, 1.807) is 14.0 Å². The van der Waals surface area contributed by atoms with Gasteiger partial charge in [-0.3, -0.25) is 4.68 Å². The number of hydrogen-bond acceptors (Lipinski definition) is 2. The number of carboxylic acids is 1. The molecule has 1 aromatic heterocycles. The first-order chi connectivity index (χ1) is 5.04. The van der Waals surface area contributed by atoms with Crippen LogP contribution in [0.1, 0.15) is 16.2 Å². The number of nitrogens with zero attached hydrogens (tertiary/aromatic N) is 2. The summed E-state index contributed by atoms with van der Waals surface area (Å²) >= 11 is 5.64. The molecule has 0 aromatic carbocycles. The highest BCUT2D eigenvalue weighted by Gasteiger charge is 2.16. The first kappa shape index (κ1) is 11.3. The van der Waals surface area contributed by atoms with Gasteiger partial charge in [0.05, 0.1) is 10.7 Å². The molecule has 0 saturated carbocycles. The molecule has 1 heterocycles. The van der Waals surface area contributed by atoms with Gasteiger partial charge in [0, 0.05) is 7.05 Å². The number of halogens is 2. The summed E-state index contributed by atoms with van der Waals surface area (Å²) in [5.74, 6) is -1.06. The van der Waals surface area contributed by atoms with Crippen LogP contribution < -0.4 is 0 Å². The summed E-state index contributed by atoms with van der Waals surface area (Å²) in [5, 5.41) is 12.7. The third-order valence-corrected chi connectivity index (χ3v) is 1.80. The van der Waals surface area contributed by atoms with E-state index in [2.05, 4.69) is 5.10 Å². The SMILES string of the molecule is Cc1nn(C)c(C(=O)O)c1Cl.Cl. The summed E-state index contributed by atoms with van der Waals surface area (Å²) in [5.41, 5.74) is 0.565. The lowest BCUT2D eigenvalue weighted by Gasteiger charge is -1.92. The Bertz CT molecular complexity index is 309. The molecule has 0 amide bonds. The number of carbonyl (C=O) groups is 1. The van der Waals surface area contributed by atoms with Crippen molar-refractivity contribution in [2.75, 3.05) is 0 Å². The van der Waals surface area contributed by atoms with Crippen molar-refractivity contribution in [1.29, 1.82) is 0 Å². The first-order valence-corrected chi connectivity index (χ1v) is 3.34. The highest BCUT2D eigenvalue weighted by molar-refractivity contribution is 6.33. The molecule has 1 aromatic rings. The predicted molar refractivity (Wildman–Crippen MR) is 47.2 cm³/mol. The average Bonchev–Trinajstić information content (AvgIpc) is 2.07. The third kappa shape index (κ3) is 1.70. The average molecular weight is 211 g/mol. The van der Waals surface area contributed by atoms with Gasteiger partial charge in [-0.25, -0.2) is 4.79 Å². The van der Waals surface area contributed by atoms with Crippen molar-refractivity contribution in [2.24, 2.45) is 7.05 Å². The van der Waals surface area contributed by atoms with Crippen LogP contribution in [0.5, 0.6) is 0 Å². The van der Waals surface area contributed by atoms with Gasteiger partial charge in [0.1, 0.15) is 0 Å². The van der Waals surface area contributed by atoms with Crippen molar-refractivity contribution in [3.63, 3.8) is 0 Å². The second-order valence-electron chi connectivity index (χ2n) is 2.18. The molecule has 0 fully saturated rings. The molecule has 0 atom stereocenters. The van der Waals surface area contributed by atoms with Crippen molar-refractivity contribution >= 4 is 30.0 Å². The lowest BCUT2D eigenvalue weighted by molar-refractivity contribution is 0.0685. The summed E-state index contributed by atoms with van der Waals surface area (Å²) in [7, 11) is 1.54. The maximum atomic E-state index is 10.5. The Morgan fingerprint density at radius 1 is 1.67 bits per heavy atom. The van der Waals surface area contributed by atoms with E-state index >= 15 is 0 Å². The van der Waals surface area contributed by atoms with Gasteiger partial charge < -0.3 is 5.11 Å². The summed E-state index contributed by atoms with van der Waals surface area (Å²) in [6.07, 6.45) is 0. The van der Waals surface area contributed by atoms with Gasteiger partial charge in [0.25, 0.3) is 0 Å². The van der Waals surface area contributed by atoms with Gasteiger partial charge in [0.15, 0.2) is 5.69 Å². The third-order valence-electron chi connectivity index (χ3n) is 1.35. The lowest BCUT2D eigenvalue weighted by Crippen LogP contribution is -2.05. The second kappa shape index (κ2) is 3.78. The van der Waals surface area contributed by atoms with E-state index in [1.165, 1.54) is 4.68 Å². The fourth-order valence-corrected chi connectivity index (χ4v) is 1.11. The van der Waals surface area contributed by atoms with Crippen LogP contribution in [0.15, 0.2) is 0 Å². The molecule has 6 heteroatoms. The van der Waals surface area contributed by atoms with E-state index in [9.17, 15) is 4.79 Å². The molecule has 1 rings (SSSR count). The normalized spacial score (nSPS) is 9.25. The number of aromatic nitrogens is 2. The highest BCUT2D eigenvalue weighted by Crippen LogP contribution is 2.18. The number of carboxylic acid groups (broad SMARTS) is 1. The molecule has 0 unspecified atom stereocenters. The molecule has 0 aliphatic carbocycles. The summed E-state index contributed by atoms with van der Waals surface area (Å²) < 4.78 is 1.25. The highest BCUT2D eigenvalue weighted by atomic mass is 35.5. The van der Waals surface area contributed by atoms with Crippen LogP contribution in [0.2, 0.25) is 5.02 Å². The first-order valence-electron chi connectivity index (χ1n) is 2.96. The Labute approximate surface area is 80.5 Å². The Morgan fingerprint density at radius 3 is 2.33 bits per heavy atom. The van der Waals surface area contributed by atoms with E-state index in [0.29, 0.717) is 5.69 Å². The summed E-state index contributed by atoms with van der Waals surface area (Å²) in [6.45, 7) is 1.66. The van der Waals surface area contributed by atoms with Crippen molar-refractivity contribution in [1.82, 2.24) is 9.78 Å². The Balaban J connectivity index is 0.00000121. The Kier molecular flexibility index (Phi) is 3.55. The molecule has 1 N–H and O–H groups in total. The Hall–Kier alpha value is -0.740. The smallest absolute Gasteiger partial charge is 0.355 e. The zero-order valence-corrected chi connectivity index (χ0v) is 8.11. The zero-order chi connectivity index (χ0) is 8.59. The number of aromatic carboxylic acids is 1. The lowest BCUT2D eigenvalue weighted by atomic mass is 10.4. The molecule has 0 spiro atoms. The van der Waals surface area contributed by atoms with Crippen molar-refractivity contribution < 1.29 is 9.90 Å². The molecular weight excluding hydrogens is 203 g/mol. The second-order valence-corrected chi connectivity index (χ2v) is 2.55. The van der Waals surface area contributed by atoms with Gasteiger partial charge in [0.2, 0.25) is 0 Å². The van der Waals surface area contributed by atoms with Crippen molar-refractivity contribution in [3.8, 4) is 0 Å². The molecule has 12 heavy (non-hydrogen) atoms. The van der Waals surface area contributed by atoms with Crippen LogP contribution in [0, 0.1) is 6.92 Å². The van der Waals surface area contributed by atoms with Crippen LogP contribution in [-0.2, 0) is 7.05 Å². The van der Waals surface area contributed by atoms with Crippen LogP contribution in [-0.4, -0.2) is 20.9 Å². The molecule has 0 aliphatic heterocycles. The van der Waals surface area contributed by atoms with Gasteiger partial charge in [-0.05, 0) is 6.92 Å². The fourth-order valence-electron chi connectivity index (χ4n) is 0.865. The van der Waals surface area contributed by atoms with Crippen LogP contribution >= 0.6 is 24.0 Å². The number of aryl methyl sites for hydroxylation is 2. The van der Waals surface area contributed by atoms with Gasteiger partial charge in [-0.15, -0.1) is 12.4 Å². The van der Waals surface area contributed by atoms with Gasteiger partial charge in [-0.1, -0.05) is 11.6 Å². The minimum absolute atomic E-state index is 0.